The molecular weight excluding hydrogens is 302 g/mol. The number of imidazole rings is 1. The third-order valence-electron chi connectivity index (χ3n) is 4.37. The van der Waals surface area contributed by atoms with E-state index >= 15 is 0 Å². The van der Waals surface area contributed by atoms with Gasteiger partial charge in [0.1, 0.15) is 12.1 Å². The Kier molecular flexibility index (Phi) is 3.78. The number of amides is 1. The van der Waals surface area contributed by atoms with E-state index in [9.17, 15) is 4.79 Å². The van der Waals surface area contributed by atoms with Gasteiger partial charge in [-0.2, -0.15) is 0 Å². The third kappa shape index (κ3) is 2.67. The molecule has 4 heterocycles. The first-order valence-electron chi connectivity index (χ1n) is 7.98. The summed E-state index contributed by atoms with van der Waals surface area (Å²) in [5.41, 5.74) is 1.75. The van der Waals surface area contributed by atoms with Gasteiger partial charge in [0.15, 0.2) is 0 Å². The Morgan fingerprint density at radius 1 is 1.08 bits per heavy atom. The van der Waals surface area contributed by atoms with Crippen LogP contribution in [0.2, 0.25) is 0 Å². The molecule has 120 valence electrons. The average Bonchev–Trinajstić information content (AvgIpc) is 3.34. The molecule has 0 N–H and O–H groups in total. The maximum Gasteiger partial charge on any atom is 0.255 e. The van der Waals surface area contributed by atoms with E-state index in [2.05, 4.69) is 15.0 Å². The van der Waals surface area contributed by atoms with Gasteiger partial charge in [-0.05, 0) is 42.7 Å². The van der Waals surface area contributed by atoms with Crippen molar-refractivity contribution in [2.75, 3.05) is 6.54 Å². The van der Waals surface area contributed by atoms with E-state index in [0.717, 1.165) is 30.8 Å². The van der Waals surface area contributed by atoms with Crippen LogP contribution in [0.3, 0.4) is 0 Å². The van der Waals surface area contributed by atoms with Gasteiger partial charge in [0.05, 0.1) is 11.6 Å². The van der Waals surface area contributed by atoms with E-state index in [4.69, 9.17) is 0 Å². The lowest BCUT2D eigenvalue weighted by Gasteiger charge is -2.25. The molecule has 6 heteroatoms. The quantitative estimate of drug-likeness (QED) is 0.744. The lowest BCUT2D eigenvalue weighted by atomic mass is 10.1. The Bertz CT molecular complexity index is 814. The fourth-order valence-corrected chi connectivity index (χ4v) is 3.17. The van der Waals surface area contributed by atoms with Gasteiger partial charge in [-0.25, -0.2) is 9.97 Å². The molecule has 4 rings (SSSR count). The number of likely N-dealkylation sites (tertiary alicyclic amines) is 1. The fraction of sp³-hybridized carbons (Fsp3) is 0.222. The predicted molar refractivity (Wildman–Crippen MR) is 88.6 cm³/mol. The minimum Gasteiger partial charge on any atom is -0.332 e. The van der Waals surface area contributed by atoms with Crippen LogP contribution in [0, 0.1) is 0 Å². The number of pyridine rings is 2. The van der Waals surface area contributed by atoms with Crippen LogP contribution in [0.25, 0.3) is 5.82 Å². The molecule has 1 aliphatic heterocycles. The fourth-order valence-electron chi connectivity index (χ4n) is 3.17. The number of carbonyl (C=O) groups is 1. The summed E-state index contributed by atoms with van der Waals surface area (Å²) < 4.78 is 1.81. The second kappa shape index (κ2) is 6.23. The zero-order valence-electron chi connectivity index (χ0n) is 13.1. The van der Waals surface area contributed by atoms with Crippen molar-refractivity contribution in [1.29, 1.82) is 0 Å². The van der Waals surface area contributed by atoms with E-state index < -0.39 is 0 Å². The van der Waals surface area contributed by atoms with Crippen molar-refractivity contribution in [3.05, 3.63) is 72.7 Å². The maximum absolute atomic E-state index is 12.9. The van der Waals surface area contributed by atoms with Crippen LogP contribution >= 0.6 is 0 Å². The molecule has 0 spiro atoms. The normalized spacial score (nSPS) is 17.2. The monoisotopic (exact) mass is 319 g/mol. The van der Waals surface area contributed by atoms with Crippen LogP contribution in [-0.4, -0.2) is 36.9 Å². The van der Waals surface area contributed by atoms with Crippen molar-refractivity contribution in [3.63, 3.8) is 0 Å². The number of rotatable bonds is 3. The molecule has 0 radical (unpaired) electrons. The molecule has 3 aromatic heterocycles. The topological polar surface area (TPSA) is 63.9 Å². The van der Waals surface area contributed by atoms with Crippen LogP contribution in [-0.2, 0) is 0 Å². The first-order valence-corrected chi connectivity index (χ1v) is 7.98. The Morgan fingerprint density at radius 2 is 1.96 bits per heavy atom. The van der Waals surface area contributed by atoms with Gasteiger partial charge in [-0.1, -0.05) is 0 Å². The second-order valence-electron chi connectivity index (χ2n) is 5.81. The molecule has 1 amide bonds. The summed E-state index contributed by atoms with van der Waals surface area (Å²) in [6.07, 6.45) is 12.4. The van der Waals surface area contributed by atoms with Crippen molar-refractivity contribution in [2.24, 2.45) is 0 Å². The molecular formula is C18H17N5O. The smallest absolute Gasteiger partial charge is 0.255 e. The van der Waals surface area contributed by atoms with E-state index in [1.807, 2.05) is 39.9 Å². The summed E-state index contributed by atoms with van der Waals surface area (Å²) >= 11 is 0. The largest absolute Gasteiger partial charge is 0.332 e. The minimum absolute atomic E-state index is 0.0268. The SMILES string of the molecule is O=C(c1ccc(-n2ccnc2)nc1)N1CCCC1c1ccncc1. The molecule has 1 fully saturated rings. The van der Waals surface area contributed by atoms with Gasteiger partial charge in [-0.3, -0.25) is 14.3 Å². The van der Waals surface area contributed by atoms with Crippen molar-refractivity contribution in [3.8, 4) is 5.82 Å². The van der Waals surface area contributed by atoms with Crippen molar-refractivity contribution < 1.29 is 4.79 Å². The van der Waals surface area contributed by atoms with Crippen molar-refractivity contribution >= 4 is 5.91 Å². The molecule has 0 bridgehead atoms. The average molecular weight is 319 g/mol. The van der Waals surface area contributed by atoms with Crippen LogP contribution in [0.15, 0.2) is 61.6 Å². The summed E-state index contributed by atoms with van der Waals surface area (Å²) in [4.78, 5) is 27.3. The zero-order valence-corrected chi connectivity index (χ0v) is 13.1. The molecule has 1 atom stereocenters. The highest BCUT2D eigenvalue weighted by molar-refractivity contribution is 5.94. The van der Waals surface area contributed by atoms with Crippen LogP contribution < -0.4 is 0 Å². The predicted octanol–water partition coefficient (Wildman–Crippen LogP) is 2.64. The van der Waals surface area contributed by atoms with Gasteiger partial charge in [-0.15, -0.1) is 0 Å². The number of nitrogens with zero attached hydrogens (tertiary/aromatic N) is 5. The van der Waals surface area contributed by atoms with Gasteiger partial charge in [0.25, 0.3) is 5.91 Å². The minimum atomic E-state index is 0.0268. The molecule has 3 aromatic rings. The third-order valence-corrected chi connectivity index (χ3v) is 4.37. The zero-order chi connectivity index (χ0) is 16.4. The van der Waals surface area contributed by atoms with Crippen molar-refractivity contribution in [2.45, 2.75) is 18.9 Å². The molecule has 6 nitrogen and oxygen atoms in total. The lowest BCUT2D eigenvalue weighted by Crippen LogP contribution is -2.30. The molecule has 24 heavy (non-hydrogen) atoms. The Labute approximate surface area is 139 Å². The van der Waals surface area contributed by atoms with E-state index in [-0.39, 0.29) is 11.9 Å². The molecule has 1 saturated heterocycles. The van der Waals surface area contributed by atoms with Crippen molar-refractivity contribution in [1.82, 2.24) is 24.4 Å². The Balaban J connectivity index is 1.56. The number of hydrogen-bond acceptors (Lipinski definition) is 4. The summed E-state index contributed by atoms with van der Waals surface area (Å²) in [6, 6.07) is 7.75. The van der Waals surface area contributed by atoms with Crippen LogP contribution in [0.4, 0.5) is 0 Å². The van der Waals surface area contributed by atoms with E-state index in [1.165, 1.54) is 0 Å². The Morgan fingerprint density at radius 3 is 2.67 bits per heavy atom. The van der Waals surface area contributed by atoms with Crippen LogP contribution in [0.5, 0.6) is 0 Å². The first-order chi connectivity index (χ1) is 11.8. The van der Waals surface area contributed by atoms with E-state index in [0.29, 0.717) is 5.56 Å². The lowest BCUT2D eigenvalue weighted by molar-refractivity contribution is 0.0735. The van der Waals surface area contributed by atoms with Crippen LogP contribution in [0.1, 0.15) is 34.8 Å². The van der Waals surface area contributed by atoms with Gasteiger partial charge >= 0.3 is 0 Å². The molecule has 0 saturated carbocycles. The summed E-state index contributed by atoms with van der Waals surface area (Å²) in [5.74, 6) is 0.773. The number of carbonyl (C=O) groups excluding carboxylic acids is 1. The first kappa shape index (κ1) is 14.6. The van der Waals surface area contributed by atoms with Gasteiger partial charge < -0.3 is 4.90 Å². The standard InChI is InChI=1S/C18H17N5O/c24-18(15-3-4-17(21-12-15)22-11-9-20-13-22)23-10-1-2-16(23)14-5-7-19-8-6-14/h3-9,11-13,16H,1-2,10H2. The highest BCUT2D eigenvalue weighted by Gasteiger charge is 2.30. The second-order valence-corrected chi connectivity index (χ2v) is 5.81. The summed E-state index contributed by atoms with van der Waals surface area (Å²) in [7, 11) is 0. The highest BCUT2D eigenvalue weighted by atomic mass is 16.2. The maximum atomic E-state index is 12.9. The van der Waals surface area contributed by atoms with E-state index in [1.54, 1.807) is 31.1 Å². The molecule has 0 aliphatic carbocycles. The van der Waals surface area contributed by atoms with Gasteiger partial charge in [0, 0.05) is 37.5 Å². The molecule has 1 unspecified atom stereocenters. The van der Waals surface area contributed by atoms with Gasteiger partial charge in [0.2, 0.25) is 0 Å². The highest BCUT2D eigenvalue weighted by Crippen LogP contribution is 2.32. The molecule has 0 aromatic carbocycles. The number of aromatic nitrogens is 4. The Hall–Kier alpha value is -3.02. The summed E-state index contributed by atoms with van der Waals surface area (Å²) in [6.45, 7) is 0.773. The molecule has 1 aliphatic rings. The summed E-state index contributed by atoms with van der Waals surface area (Å²) in [5, 5.41) is 0. The number of hydrogen-bond donors (Lipinski definition) is 0.